The summed E-state index contributed by atoms with van der Waals surface area (Å²) in [4.78, 5) is 37.1. The van der Waals surface area contributed by atoms with Crippen LogP contribution in [0.15, 0.2) is 27.8 Å². The lowest BCUT2D eigenvalue weighted by Gasteiger charge is -2.41. The van der Waals surface area contributed by atoms with Gasteiger partial charge in [0.25, 0.3) is 5.91 Å². The van der Waals surface area contributed by atoms with Gasteiger partial charge < -0.3 is 19.9 Å². The smallest absolute Gasteiger partial charge is 0.410 e. The Morgan fingerprint density at radius 3 is 2.72 bits per heavy atom. The van der Waals surface area contributed by atoms with E-state index in [9.17, 15) is 9.59 Å². The number of ether oxygens (including phenoxy) is 1. The molecule has 0 unspecified atom stereocenters. The minimum Gasteiger partial charge on any atom is -0.444 e. The average molecular weight is 482 g/mol. The summed E-state index contributed by atoms with van der Waals surface area (Å²) in [7, 11) is 0. The molecule has 29 heavy (non-hydrogen) atoms. The van der Waals surface area contributed by atoms with Gasteiger partial charge in [-0.2, -0.15) is 0 Å². The Morgan fingerprint density at radius 2 is 2.10 bits per heavy atom. The van der Waals surface area contributed by atoms with E-state index in [1.54, 1.807) is 22.7 Å². The Hall–Kier alpha value is -2.20. The average Bonchev–Trinajstić information content (AvgIpc) is 3.07. The van der Waals surface area contributed by atoms with Crippen LogP contribution in [0.5, 0.6) is 0 Å². The third-order valence-electron chi connectivity index (χ3n) is 4.35. The van der Waals surface area contributed by atoms with Crippen molar-refractivity contribution in [1.82, 2.24) is 14.9 Å². The molecule has 2 amide bonds. The molecule has 0 saturated carbocycles. The van der Waals surface area contributed by atoms with Crippen LogP contribution in [0.25, 0.3) is 0 Å². The Kier molecular flexibility index (Phi) is 6.42. The second kappa shape index (κ2) is 8.66. The Labute approximate surface area is 182 Å². The molecule has 1 aliphatic rings. The van der Waals surface area contributed by atoms with Crippen LogP contribution in [0, 0.1) is 0 Å². The van der Waals surface area contributed by atoms with Crippen LogP contribution >= 0.6 is 27.3 Å². The zero-order chi connectivity index (χ0) is 21.2. The maximum Gasteiger partial charge on any atom is 0.410 e. The first-order chi connectivity index (χ1) is 13.6. The van der Waals surface area contributed by atoms with Crippen molar-refractivity contribution in [2.24, 2.45) is 0 Å². The molecule has 1 saturated heterocycles. The monoisotopic (exact) mass is 481 g/mol. The fraction of sp³-hybridized carbons (Fsp3) is 0.474. The van der Waals surface area contributed by atoms with E-state index in [0.717, 1.165) is 5.69 Å². The van der Waals surface area contributed by atoms with Crippen LogP contribution in [-0.4, -0.2) is 58.1 Å². The highest BCUT2D eigenvalue weighted by Crippen LogP contribution is 2.28. The lowest BCUT2D eigenvalue weighted by atomic mass is 10.1. The highest BCUT2D eigenvalue weighted by Gasteiger charge is 2.31. The summed E-state index contributed by atoms with van der Waals surface area (Å²) in [6.45, 7) is 9.34. The van der Waals surface area contributed by atoms with Crippen LogP contribution in [-0.2, 0) is 4.74 Å². The molecule has 0 aromatic carbocycles. The van der Waals surface area contributed by atoms with Crippen molar-refractivity contribution in [3.8, 4) is 0 Å². The molecule has 0 bridgehead atoms. The number of carbonyl (C=O) groups is 2. The second-order valence-corrected chi connectivity index (χ2v) is 9.94. The first-order valence-corrected chi connectivity index (χ1v) is 10.9. The Bertz CT molecular complexity index is 898. The SMILES string of the molecule is C[C@@H]1CN(c2ccncc2NC(=O)c2csc(Br)n2)CCN1C(=O)OC(C)(C)C. The summed E-state index contributed by atoms with van der Waals surface area (Å²) in [5.74, 6) is -0.290. The molecular formula is C19H24BrN5O3S. The van der Waals surface area contributed by atoms with Crippen molar-refractivity contribution in [3.05, 3.63) is 33.5 Å². The zero-order valence-corrected chi connectivity index (χ0v) is 19.2. The number of pyridine rings is 1. The van der Waals surface area contributed by atoms with Crippen LogP contribution in [0.1, 0.15) is 38.2 Å². The van der Waals surface area contributed by atoms with E-state index in [2.05, 4.69) is 36.1 Å². The minimum absolute atomic E-state index is 0.0372. The number of piperazine rings is 1. The second-order valence-electron chi connectivity index (χ2n) is 7.80. The van der Waals surface area contributed by atoms with E-state index in [1.165, 1.54) is 11.3 Å². The number of nitrogens with one attached hydrogen (secondary N) is 1. The van der Waals surface area contributed by atoms with E-state index < -0.39 is 5.60 Å². The summed E-state index contributed by atoms with van der Waals surface area (Å²) in [5.41, 5.74) is 1.29. The molecule has 1 aliphatic heterocycles. The standard InChI is InChI=1S/C19H24BrN5O3S/c1-12-10-24(7-8-25(12)18(27)28-19(2,3)4)15-5-6-21-9-13(15)22-16(26)14-11-29-17(20)23-14/h5-6,9,11-12H,7-8,10H2,1-4H3,(H,22,26)/t12-/m1/s1. The maximum absolute atomic E-state index is 12.5. The van der Waals surface area contributed by atoms with Crippen LogP contribution in [0.4, 0.5) is 16.2 Å². The first-order valence-electron chi connectivity index (χ1n) is 9.25. The largest absolute Gasteiger partial charge is 0.444 e. The summed E-state index contributed by atoms with van der Waals surface area (Å²) in [6, 6.07) is 1.83. The van der Waals surface area contributed by atoms with Gasteiger partial charge >= 0.3 is 6.09 Å². The number of hydrogen-bond acceptors (Lipinski definition) is 7. The van der Waals surface area contributed by atoms with Crippen molar-refractivity contribution in [2.45, 2.75) is 39.3 Å². The summed E-state index contributed by atoms with van der Waals surface area (Å²) >= 11 is 4.62. The Balaban J connectivity index is 1.71. The van der Waals surface area contributed by atoms with Crippen molar-refractivity contribution in [1.29, 1.82) is 0 Å². The molecule has 2 aromatic heterocycles. The predicted molar refractivity (Wildman–Crippen MR) is 117 cm³/mol. The molecule has 8 nitrogen and oxygen atoms in total. The number of nitrogens with zero attached hydrogens (tertiary/aromatic N) is 4. The number of halogens is 1. The molecule has 10 heteroatoms. The molecule has 2 aromatic rings. The van der Waals surface area contributed by atoms with E-state index >= 15 is 0 Å². The van der Waals surface area contributed by atoms with Crippen molar-refractivity contribution < 1.29 is 14.3 Å². The van der Waals surface area contributed by atoms with Gasteiger partial charge in [-0.15, -0.1) is 11.3 Å². The van der Waals surface area contributed by atoms with Gasteiger partial charge in [-0.3, -0.25) is 9.78 Å². The number of rotatable bonds is 3. The highest BCUT2D eigenvalue weighted by atomic mass is 79.9. The van der Waals surface area contributed by atoms with E-state index in [0.29, 0.717) is 34.9 Å². The Morgan fingerprint density at radius 1 is 1.34 bits per heavy atom. The van der Waals surface area contributed by atoms with E-state index in [1.807, 2.05) is 33.8 Å². The van der Waals surface area contributed by atoms with Gasteiger partial charge in [-0.05, 0) is 49.7 Å². The number of carbonyl (C=O) groups excluding carboxylic acids is 2. The summed E-state index contributed by atoms with van der Waals surface area (Å²) in [5, 5.41) is 4.58. The number of thiazole rings is 1. The fourth-order valence-electron chi connectivity index (χ4n) is 3.07. The molecular weight excluding hydrogens is 458 g/mol. The molecule has 1 fully saturated rings. The number of amides is 2. The molecule has 1 N–H and O–H groups in total. The summed E-state index contributed by atoms with van der Waals surface area (Å²) < 4.78 is 6.16. The van der Waals surface area contributed by atoms with E-state index in [4.69, 9.17) is 4.74 Å². The lowest BCUT2D eigenvalue weighted by molar-refractivity contribution is 0.0159. The predicted octanol–water partition coefficient (Wildman–Crippen LogP) is 4.00. The maximum atomic E-state index is 12.5. The normalized spacial score (nSPS) is 17.2. The lowest BCUT2D eigenvalue weighted by Crippen LogP contribution is -2.55. The highest BCUT2D eigenvalue weighted by molar-refractivity contribution is 9.11. The van der Waals surface area contributed by atoms with Gasteiger partial charge in [-0.25, -0.2) is 9.78 Å². The first kappa shape index (κ1) is 21.5. The van der Waals surface area contributed by atoms with Gasteiger partial charge in [-0.1, -0.05) is 0 Å². The summed E-state index contributed by atoms with van der Waals surface area (Å²) in [6.07, 6.45) is 3.01. The molecule has 0 aliphatic carbocycles. The number of anilines is 2. The molecule has 0 spiro atoms. The van der Waals surface area contributed by atoms with Crippen molar-refractivity contribution in [3.63, 3.8) is 0 Å². The molecule has 156 valence electrons. The van der Waals surface area contributed by atoms with E-state index in [-0.39, 0.29) is 18.0 Å². The fourth-order valence-corrected chi connectivity index (χ4v) is 4.06. The van der Waals surface area contributed by atoms with Gasteiger partial charge in [0.05, 0.1) is 17.6 Å². The third-order valence-corrected chi connectivity index (χ3v) is 5.72. The van der Waals surface area contributed by atoms with Crippen LogP contribution in [0.2, 0.25) is 0 Å². The number of hydrogen-bond donors (Lipinski definition) is 1. The zero-order valence-electron chi connectivity index (χ0n) is 16.8. The molecule has 1 atom stereocenters. The van der Waals surface area contributed by atoms with Crippen LogP contribution < -0.4 is 10.2 Å². The third kappa shape index (κ3) is 5.45. The quantitative estimate of drug-likeness (QED) is 0.712. The minimum atomic E-state index is -0.527. The van der Waals surface area contributed by atoms with Crippen molar-refractivity contribution >= 4 is 50.6 Å². The molecule has 3 heterocycles. The van der Waals surface area contributed by atoms with Crippen LogP contribution in [0.3, 0.4) is 0 Å². The van der Waals surface area contributed by atoms with Gasteiger partial charge in [0, 0.05) is 37.3 Å². The van der Waals surface area contributed by atoms with Crippen molar-refractivity contribution in [2.75, 3.05) is 29.9 Å². The number of aromatic nitrogens is 2. The topological polar surface area (TPSA) is 87.7 Å². The molecule has 0 radical (unpaired) electrons. The van der Waals surface area contributed by atoms with Gasteiger partial charge in [0.2, 0.25) is 0 Å². The van der Waals surface area contributed by atoms with Gasteiger partial charge in [0.15, 0.2) is 3.92 Å². The van der Waals surface area contributed by atoms with Gasteiger partial charge in [0.1, 0.15) is 11.3 Å². The molecule has 3 rings (SSSR count).